The van der Waals surface area contributed by atoms with E-state index in [1.807, 2.05) is 66.9 Å². The van der Waals surface area contributed by atoms with E-state index in [2.05, 4.69) is 51.0 Å². The third kappa shape index (κ3) is 5.95. The number of nitrogens with zero attached hydrogens (tertiary/aromatic N) is 6. The normalized spacial score (nSPS) is 16.9. The van der Waals surface area contributed by atoms with Crippen LogP contribution in [0.1, 0.15) is 44.2 Å². The third-order valence-electron chi connectivity index (χ3n) is 7.64. The number of thioether (sulfide) groups is 1. The first-order valence-electron chi connectivity index (χ1n) is 14.1. The summed E-state index contributed by atoms with van der Waals surface area (Å²) in [6.07, 6.45) is 8.25. The van der Waals surface area contributed by atoms with Gasteiger partial charge < -0.3 is 5.32 Å². The van der Waals surface area contributed by atoms with Crippen LogP contribution in [0.2, 0.25) is 0 Å². The third-order valence-corrected chi connectivity index (χ3v) is 8.58. The van der Waals surface area contributed by atoms with E-state index < -0.39 is 0 Å². The van der Waals surface area contributed by atoms with Crippen molar-refractivity contribution in [2.75, 3.05) is 11.1 Å². The molecule has 8 nitrogen and oxygen atoms in total. The van der Waals surface area contributed by atoms with Gasteiger partial charge in [-0.25, -0.2) is 4.68 Å². The van der Waals surface area contributed by atoms with Crippen molar-refractivity contribution in [3.8, 4) is 28.3 Å². The molecule has 0 bridgehead atoms. The molecule has 0 unspecified atom stereocenters. The van der Waals surface area contributed by atoms with Crippen molar-refractivity contribution in [2.45, 2.75) is 50.7 Å². The number of carbonyl (C=O) groups is 1. The van der Waals surface area contributed by atoms with Gasteiger partial charge in [0.15, 0.2) is 11.0 Å². The first-order valence-corrected chi connectivity index (χ1v) is 15.1. The summed E-state index contributed by atoms with van der Waals surface area (Å²) in [7, 11) is 0. The van der Waals surface area contributed by atoms with Crippen LogP contribution in [0.15, 0.2) is 90.3 Å². The number of para-hydroxylation sites is 1. The molecular weight excluding hydrogens is 530 g/mol. The summed E-state index contributed by atoms with van der Waals surface area (Å²) < 4.78 is 4.02. The molecule has 0 aliphatic heterocycles. The van der Waals surface area contributed by atoms with Crippen molar-refractivity contribution in [3.63, 3.8) is 0 Å². The molecule has 208 valence electrons. The van der Waals surface area contributed by atoms with Crippen molar-refractivity contribution < 1.29 is 4.79 Å². The van der Waals surface area contributed by atoms with Crippen molar-refractivity contribution in [2.24, 2.45) is 5.92 Å². The maximum absolute atomic E-state index is 13.3. The van der Waals surface area contributed by atoms with Crippen molar-refractivity contribution >= 4 is 23.5 Å². The lowest BCUT2D eigenvalue weighted by molar-refractivity contribution is -0.113. The fourth-order valence-corrected chi connectivity index (χ4v) is 6.25. The Morgan fingerprint density at radius 1 is 0.976 bits per heavy atom. The molecule has 1 N–H and O–H groups in total. The van der Waals surface area contributed by atoms with Crippen molar-refractivity contribution in [1.82, 2.24) is 29.5 Å². The maximum atomic E-state index is 13.3. The minimum Gasteiger partial charge on any atom is -0.310 e. The Hall–Kier alpha value is -4.24. The number of rotatable bonds is 8. The molecule has 1 saturated carbocycles. The molecule has 2 atom stereocenters. The molecule has 3 aromatic heterocycles. The molecule has 1 aliphatic carbocycles. The molecule has 2 aromatic carbocycles. The molecule has 0 radical (unpaired) electrons. The number of aromatic nitrogens is 6. The summed E-state index contributed by atoms with van der Waals surface area (Å²) in [5, 5.41) is 17.8. The lowest BCUT2D eigenvalue weighted by atomic mass is 9.85. The lowest BCUT2D eigenvalue weighted by Crippen LogP contribution is -2.23. The van der Waals surface area contributed by atoms with Gasteiger partial charge in [-0.2, -0.15) is 5.10 Å². The van der Waals surface area contributed by atoms with Gasteiger partial charge in [0.05, 0.1) is 17.1 Å². The number of anilines is 1. The number of hydrogen-bond donors (Lipinski definition) is 1. The van der Waals surface area contributed by atoms with Gasteiger partial charge in [0.1, 0.15) is 5.82 Å². The monoisotopic (exact) mass is 563 g/mol. The molecule has 3 heterocycles. The maximum Gasteiger partial charge on any atom is 0.236 e. The van der Waals surface area contributed by atoms with Gasteiger partial charge in [0.2, 0.25) is 5.91 Å². The lowest BCUT2D eigenvalue weighted by Gasteiger charge is -2.31. The number of pyridine rings is 1. The van der Waals surface area contributed by atoms with Gasteiger partial charge in [-0.3, -0.25) is 14.3 Å². The van der Waals surface area contributed by atoms with E-state index in [9.17, 15) is 4.79 Å². The van der Waals surface area contributed by atoms with Crippen LogP contribution in [-0.2, 0) is 4.79 Å². The van der Waals surface area contributed by atoms with Gasteiger partial charge in [0.25, 0.3) is 0 Å². The molecule has 1 amide bonds. The zero-order valence-electron chi connectivity index (χ0n) is 23.3. The van der Waals surface area contributed by atoms with Crippen LogP contribution in [0.3, 0.4) is 0 Å². The number of aryl methyl sites for hydroxylation is 1. The fraction of sp³-hybridized carbons (Fsp3) is 0.281. The average Bonchev–Trinajstić information content (AvgIpc) is 3.62. The molecule has 0 saturated heterocycles. The Morgan fingerprint density at radius 2 is 1.78 bits per heavy atom. The Balaban J connectivity index is 1.25. The zero-order valence-corrected chi connectivity index (χ0v) is 24.1. The summed E-state index contributed by atoms with van der Waals surface area (Å²) in [5.74, 6) is 2.01. The smallest absolute Gasteiger partial charge is 0.236 e. The number of benzene rings is 2. The Morgan fingerprint density at radius 3 is 2.54 bits per heavy atom. The quantitative estimate of drug-likeness (QED) is 0.205. The average molecular weight is 564 g/mol. The summed E-state index contributed by atoms with van der Waals surface area (Å²) in [5.41, 5.74) is 4.78. The molecule has 1 aliphatic rings. The molecule has 41 heavy (non-hydrogen) atoms. The summed E-state index contributed by atoms with van der Waals surface area (Å²) in [4.78, 5) is 17.6. The van der Waals surface area contributed by atoms with E-state index in [0.717, 1.165) is 39.9 Å². The van der Waals surface area contributed by atoms with E-state index in [0.29, 0.717) is 11.7 Å². The minimum atomic E-state index is -0.128. The van der Waals surface area contributed by atoms with Crippen LogP contribution >= 0.6 is 11.8 Å². The second-order valence-electron chi connectivity index (χ2n) is 10.6. The predicted molar refractivity (Wildman–Crippen MR) is 163 cm³/mol. The highest BCUT2D eigenvalue weighted by Gasteiger charge is 2.29. The van der Waals surface area contributed by atoms with Gasteiger partial charge in [-0.1, -0.05) is 79.6 Å². The van der Waals surface area contributed by atoms with Crippen LogP contribution < -0.4 is 5.32 Å². The number of hydrogen-bond acceptors (Lipinski definition) is 6. The SMILES string of the molecule is Cc1ccc(-c2cc(NC(=O)CSc3nnc(-c4cccnc4)n3[C@H]3CCCC[C@@H]3C)n(-c3ccccc3)n2)cc1. The van der Waals surface area contributed by atoms with E-state index in [1.54, 1.807) is 10.9 Å². The summed E-state index contributed by atoms with van der Waals surface area (Å²) in [6, 6.07) is 24.2. The van der Waals surface area contributed by atoms with Crippen LogP contribution in [0.5, 0.6) is 0 Å². The second kappa shape index (κ2) is 12.1. The highest BCUT2D eigenvalue weighted by molar-refractivity contribution is 7.99. The van der Waals surface area contributed by atoms with E-state index in [-0.39, 0.29) is 17.7 Å². The summed E-state index contributed by atoms with van der Waals surface area (Å²) >= 11 is 1.42. The number of nitrogens with one attached hydrogen (secondary N) is 1. The summed E-state index contributed by atoms with van der Waals surface area (Å²) in [6.45, 7) is 4.36. The highest BCUT2D eigenvalue weighted by atomic mass is 32.2. The standard InChI is InChI=1S/C32H33N7OS/c1-22-14-16-24(17-15-22)27-19-29(39(37-27)26-11-4-3-5-12-26)34-30(40)21-41-32-36-35-31(25-10-8-18-33-20-25)38(32)28-13-7-6-9-23(28)2/h3-5,8,10-12,14-20,23,28H,6-7,9,13,21H2,1-2H3,(H,34,40)/t23-,28-/m0/s1. The van der Waals surface area contributed by atoms with Gasteiger partial charge in [-0.15, -0.1) is 10.2 Å². The van der Waals surface area contributed by atoms with Crippen LogP contribution in [0.25, 0.3) is 28.3 Å². The van der Waals surface area contributed by atoms with Gasteiger partial charge >= 0.3 is 0 Å². The number of amides is 1. The Bertz CT molecular complexity index is 1610. The first-order chi connectivity index (χ1) is 20.1. The van der Waals surface area contributed by atoms with Crippen LogP contribution in [0.4, 0.5) is 5.82 Å². The molecule has 5 aromatic rings. The fourth-order valence-electron chi connectivity index (χ4n) is 5.46. The highest BCUT2D eigenvalue weighted by Crippen LogP contribution is 2.39. The van der Waals surface area contributed by atoms with E-state index in [4.69, 9.17) is 5.10 Å². The molecule has 6 rings (SSSR count). The molecule has 0 spiro atoms. The van der Waals surface area contributed by atoms with Crippen LogP contribution in [0, 0.1) is 12.8 Å². The molecule has 9 heteroatoms. The van der Waals surface area contributed by atoms with Gasteiger partial charge in [-0.05, 0) is 49.9 Å². The van der Waals surface area contributed by atoms with Crippen molar-refractivity contribution in [1.29, 1.82) is 0 Å². The first kappa shape index (κ1) is 27.0. The van der Waals surface area contributed by atoms with Crippen LogP contribution in [-0.4, -0.2) is 41.2 Å². The van der Waals surface area contributed by atoms with E-state index >= 15 is 0 Å². The zero-order chi connectivity index (χ0) is 28.2. The minimum absolute atomic E-state index is 0.128. The predicted octanol–water partition coefficient (Wildman–Crippen LogP) is 6.98. The van der Waals surface area contributed by atoms with Gasteiger partial charge in [0, 0.05) is 35.6 Å². The molecular formula is C32H33N7OS. The largest absolute Gasteiger partial charge is 0.310 e. The van der Waals surface area contributed by atoms with Crippen molar-refractivity contribution in [3.05, 3.63) is 90.8 Å². The Kier molecular flexibility index (Phi) is 7.95. The molecule has 1 fully saturated rings. The topological polar surface area (TPSA) is 90.5 Å². The second-order valence-corrected chi connectivity index (χ2v) is 11.6. The number of carbonyl (C=O) groups excluding carboxylic acids is 1. The van der Waals surface area contributed by atoms with E-state index in [1.165, 1.54) is 36.6 Å². The Labute approximate surface area is 244 Å².